The highest BCUT2D eigenvalue weighted by atomic mass is 35.5. The van der Waals surface area contributed by atoms with Gasteiger partial charge in [0.25, 0.3) is 0 Å². The zero-order valence-corrected chi connectivity index (χ0v) is 14.7. The number of hydrogen-bond acceptors (Lipinski definition) is 5. The average molecular weight is 386 g/mol. The molecular formula is C15H14ClF2N5OS. The number of halogens is 3. The lowest BCUT2D eigenvalue weighted by Gasteiger charge is -2.08. The molecule has 0 amide bonds. The van der Waals surface area contributed by atoms with Gasteiger partial charge in [0.1, 0.15) is 18.2 Å². The Hall–Kier alpha value is -2.13. The maximum Gasteiger partial charge on any atom is 0.319 e. The zero-order chi connectivity index (χ0) is 17.8. The first kappa shape index (κ1) is 17.7. The highest BCUT2D eigenvalue weighted by Crippen LogP contribution is 2.25. The average Bonchev–Trinajstić information content (AvgIpc) is 3.19. The van der Waals surface area contributed by atoms with E-state index in [1.807, 2.05) is 12.1 Å². The Morgan fingerprint density at radius 3 is 2.80 bits per heavy atom. The first-order chi connectivity index (χ1) is 12.1. The van der Waals surface area contributed by atoms with E-state index in [9.17, 15) is 8.78 Å². The first-order valence-corrected chi connectivity index (χ1v) is 8.61. The molecule has 0 fully saturated rings. The van der Waals surface area contributed by atoms with Crippen LogP contribution < -0.4 is 4.74 Å². The number of thioether (sulfide) groups is 1. The van der Waals surface area contributed by atoms with Gasteiger partial charge in [-0.3, -0.25) is 4.57 Å². The lowest BCUT2D eigenvalue weighted by molar-refractivity contribution is 0.0678. The van der Waals surface area contributed by atoms with Crippen LogP contribution in [0.1, 0.15) is 18.2 Å². The highest BCUT2D eigenvalue weighted by molar-refractivity contribution is 7.98. The summed E-state index contributed by atoms with van der Waals surface area (Å²) in [6.07, 6.45) is 2.60. The molecule has 25 heavy (non-hydrogen) atoms. The minimum atomic E-state index is -2.61. The smallest absolute Gasteiger partial charge is 0.319 e. The third-order valence-corrected chi connectivity index (χ3v) is 4.74. The summed E-state index contributed by atoms with van der Waals surface area (Å²) in [7, 11) is 1.78. The number of alkyl halides is 2. The van der Waals surface area contributed by atoms with Crippen molar-refractivity contribution in [1.29, 1.82) is 0 Å². The van der Waals surface area contributed by atoms with Gasteiger partial charge in [-0.1, -0.05) is 35.5 Å². The van der Waals surface area contributed by atoms with Crippen molar-refractivity contribution in [2.75, 3.05) is 0 Å². The van der Waals surface area contributed by atoms with Gasteiger partial charge >= 0.3 is 6.55 Å². The number of ether oxygens (including phenoxy) is 1. The van der Waals surface area contributed by atoms with Crippen molar-refractivity contribution in [3.8, 4) is 5.75 Å². The van der Waals surface area contributed by atoms with Crippen molar-refractivity contribution in [1.82, 2.24) is 24.3 Å². The van der Waals surface area contributed by atoms with E-state index in [0.717, 1.165) is 4.57 Å². The van der Waals surface area contributed by atoms with Crippen LogP contribution in [0.5, 0.6) is 5.75 Å². The Morgan fingerprint density at radius 2 is 2.04 bits per heavy atom. The van der Waals surface area contributed by atoms with Gasteiger partial charge in [0.15, 0.2) is 11.0 Å². The maximum absolute atomic E-state index is 12.8. The molecule has 0 radical (unpaired) electrons. The molecule has 0 unspecified atom stereocenters. The molecule has 0 aliphatic heterocycles. The number of aromatic nitrogens is 5. The van der Waals surface area contributed by atoms with Gasteiger partial charge in [-0.05, 0) is 12.1 Å². The SMILES string of the molecule is Cn1c(COc2ccccc2Cl)nnc1SCc1nccn1C(F)F. The monoisotopic (exact) mass is 385 g/mol. The lowest BCUT2D eigenvalue weighted by Crippen LogP contribution is -2.05. The van der Waals surface area contributed by atoms with E-state index in [-0.39, 0.29) is 18.2 Å². The maximum atomic E-state index is 12.8. The van der Waals surface area contributed by atoms with E-state index in [1.165, 1.54) is 24.2 Å². The van der Waals surface area contributed by atoms with Crippen molar-refractivity contribution < 1.29 is 13.5 Å². The summed E-state index contributed by atoms with van der Waals surface area (Å²) >= 11 is 7.31. The molecule has 0 N–H and O–H groups in total. The van der Waals surface area contributed by atoms with Crippen LogP contribution in [0.15, 0.2) is 41.8 Å². The van der Waals surface area contributed by atoms with E-state index in [1.54, 1.807) is 23.7 Å². The molecule has 0 aliphatic carbocycles. The molecule has 1 aromatic carbocycles. The van der Waals surface area contributed by atoms with Crippen LogP contribution in [0, 0.1) is 0 Å². The minimum absolute atomic E-state index is 0.194. The number of hydrogen-bond donors (Lipinski definition) is 0. The number of nitrogens with zero attached hydrogens (tertiary/aromatic N) is 5. The van der Waals surface area contributed by atoms with E-state index < -0.39 is 6.55 Å². The summed E-state index contributed by atoms with van der Waals surface area (Å²) in [5, 5.41) is 9.23. The molecular weight excluding hydrogens is 372 g/mol. The van der Waals surface area contributed by atoms with Crippen LogP contribution in [0.3, 0.4) is 0 Å². The highest BCUT2D eigenvalue weighted by Gasteiger charge is 2.15. The third-order valence-electron chi connectivity index (χ3n) is 3.41. The third kappa shape index (κ3) is 4.10. The molecule has 0 aliphatic rings. The summed E-state index contributed by atoms with van der Waals surface area (Å²) in [5.74, 6) is 1.69. The topological polar surface area (TPSA) is 57.8 Å². The second-order valence-corrected chi connectivity index (χ2v) is 6.34. The van der Waals surface area contributed by atoms with Gasteiger partial charge in [-0.15, -0.1) is 10.2 Å². The Morgan fingerprint density at radius 1 is 1.24 bits per heavy atom. The Bertz CT molecular complexity index is 854. The van der Waals surface area contributed by atoms with E-state index in [2.05, 4.69) is 15.2 Å². The summed E-state index contributed by atoms with van der Waals surface area (Å²) in [5.41, 5.74) is 0. The van der Waals surface area contributed by atoms with Gasteiger partial charge in [0, 0.05) is 19.4 Å². The normalized spacial score (nSPS) is 11.2. The summed E-state index contributed by atoms with van der Waals surface area (Å²) < 4.78 is 33.8. The van der Waals surface area contributed by atoms with Crippen LogP contribution in [-0.4, -0.2) is 24.3 Å². The predicted octanol–water partition coefficient (Wildman–Crippen LogP) is 3.93. The van der Waals surface area contributed by atoms with Gasteiger partial charge < -0.3 is 9.30 Å². The number of benzene rings is 1. The van der Waals surface area contributed by atoms with Crippen LogP contribution in [0.2, 0.25) is 5.02 Å². The molecule has 6 nitrogen and oxygen atoms in total. The van der Waals surface area contributed by atoms with Gasteiger partial charge in [0.2, 0.25) is 0 Å². The van der Waals surface area contributed by atoms with Crippen molar-refractivity contribution in [2.45, 2.75) is 24.1 Å². The molecule has 0 saturated carbocycles. The number of imidazole rings is 1. The Labute approximate surface area is 151 Å². The van der Waals surface area contributed by atoms with E-state index >= 15 is 0 Å². The molecule has 0 saturated heterocycles. The summed E-state index contributed by atoms with van der Waals surface area (Å²) in [6.45, 7) is -2.42. The fourth-order valence-electron chi connectivity index (χ4n) is 2.06. The molecule has 132 valence electrons. The van der Waals surface area contributed by atoms with Crippen molar-refractivity contribution in [3.63, 3.8) is 0 Å². The second-order valence-electron chi connectivity index (χ2n) is 4.99. The Kier molecular flexibility index (Phi) is 5.54. The van der Waals surface area contributed by atoms with Gasteiger partial charge in [-0.25, -0.2) is 4.98 Å². The summed E-state index contributed by atoms with van der Waals surface area (Å²) in [6, 6.07) is 7.14. The summed E-state index contributed by atoms with van der Waals surface area (Å²) in [4.78, 5) is 3.94. The first-order valence-electron chi connectivity index (χ1n) is 7.24. The molecule has 2 heterocycles. The van der Waals surface area contributed by atoms with Crippen LogP contribution >= 0.6 is 23.4 Å². The van der Waals surface area contributed by atoms with Crippen molar-refractivity contribution >= 4 is 23.4 Å². The molecule has 10 heteroatoms. The minimum Gasteiger partial charge on any atom is -0.484 e. The quantitative estimate of drug-likeness (QED) is 0.577. The van der Waals surface area contributed by atoms with Crippen LogP contribution in [-0.2, 0) is 19.4 Å². The van der Waals surface area contributed by atoms with Crippen LogP contribution in [0.25, 0.3) is 0 Å². The van der Waals surface area contributed by atoms with E-state index in [0.29, 0.717) is 21.8 Å². The molecule has 0 atom stereocenters. The largest absolute Gasteiger partial charge is 0.484 e. The fraction of sp³-hybridized carbons (Fsp3) is 0.267. The Balaban J connectivity index is 1.63. The molecule has 0 bridgehead atoms. The zero-order valence-electron chi connectivity index (χ0n) is 13.1. The number of para-hydroxylation sites is 1. The van der Waals surface area contributed by atoms with Gasteiger partial charge in [0.05, 0.1) is 10.8 Å². The second kappa shape index (κ2) is 7.83. The lowest BCUT2D eigenvalue weighted by atomic mass is 10.3. The standard InChI is InChI=1S/C15H14ClF2N5OS/c1-22-12(8-24-11-5-3-2-4-10(11)16)20-21-15(22)25-9-13-19-6-7-23(13)14(17)18/h2-7,14H,8-9H2,1H3. The molecule has 3 rings (SSSR count). The molecule has 0 spiro atoms. The molecule has 2 aromatic heterocycles. The fourth-order valence-corrected chi connectivity index (χ4v) is 3.13. The van der Waals surface area contributed by atoms with Crippen molar-refractivity contribution in [3.05, 3.63) is 53.3 Å². The van der Waals surface area contributed by atoms with Crippen molar-refractivity contribution in [2.24, 2.45) is 7.05 Å². The van der Waals surface area contributed by atoms with Crippen LogP contribution in [0.4, 0.5) is 8.78 Å². The predicted molar refractivity (Wildman–Crippen MR) is 89.8 cm³/mol. The number of rotatable bonds is 7. The van der Waals surface area contributed by atoms with E-state index in [4.69, 9.17) is 16.3 Å². The molecule has 3 aromatic rings. The van der Waals surface area contributed by atoms with Gasteiger partial charge in [-0.2, -0.15) is 8.78 Å².